The molecule has 1 rings (SSSR count). The molecule has 6 nitrogen and oxygen atoms in total. The van der Waals surface area contributed by atoms with Crippen molar-refractivity contribution in [3.63, 3.8) is 0 Å². The summed E-state index contributed by atoms with van der Waals surface area (Å²) < 4.78 is 4.82. The summed E-state index contributed by atoms with van der Waals surface area (Å²) in [5.74, 6) is -0.747. The van der Waals surface area contributed by atoms with Crippen molar-refractivity contribution in [2.24, 2.45) is 5.73 Å². The lowest BCUT2D eigenvalue weighted by molar-refractivity contribution is -0.131. The normalized spacial score (nSPS) is 11.4. The highest BCUT2D eigenvalue weighted by Crippen LogP contribution is 2.17. The first-order chi connectivity index (χ1) is 8.04. The van der Waals surface area contributed by atoms with E-state index in [9.17, 15) is 14.4 Å². The Bertz CT molecular complexity index is 428. The first kappa shape index (κ1) is 12.7. The fourth-order valence-electron chi connectivity index (χ4n) is 1.30. The molecule has 2 amide bonds. The standard InChI is InChI=1S/C11H12N2O4/c1-7(15)17-9-4-2-8(3-5-9)10(11(12)16)13-6-14/h2-6,10H,1H3,(H2,12,16)(H,13,14). The van der Waals surface area contributed by atoms with Crippen molar-refractivity contribution in [3.05, 3.63) is 29.8 Å². The van der Waals surface area contributed by atoms with Crippen LogP contribution in [0, 0.1) is 0 Å². The van der Waals surface area contributed by atoms with Gasteiger partial charge in [-0.1, -0.05) is 12.1 Å². The van der Waals surface area contributed by atoms with Crippen LogP contribution in [0.1, 0.15) is 18.5 Å². The van der Waals surface area contributed by atoms with Gasteiger partial charge in [0, 0.05) is 6.92 Å². The number of nitrogens with one attached hydrogen (secondary N) is 1. The van der Waals surface area contributed by atoms with Gasteiger partial charge < -0.3 is 15.8 Å². The molecule has 0 fully saturated rings. The van der Waals surface area contributed by atoms with Crippen molar-refractivity contribution >= 4 is 18.3 Å². The third-order valence-corrected chi connectivity index (χ3v) is 1.99. The molecule has 3 N–H and O–H groups in total. The summed E-state index contributed by atoms with van der Waals surface area (Å²) in [4.78, 5) is 32.1. The van der Waals surface area contributed by atoms with E-state index in [2.05, 4.69) is 5.32 Å². The molecule has 0 aliphatic carbocycles. The maximum Gasteiger partial charge on any atom is 0.308 e. The van der Waals surface area contributed by atoms with E-state index in [4.69, 9.17) is 10.5 Å². The molecule has 1 aromatic rings. The summed E-state index contributed by atoms with van der Waals surface area (Å²) >= 11 is 0. The molecular weight excluding hydrogens is 224 g/mol. The second-order valence-electron chi connectivity index (χ2n) is 3.28. The molecule has 0 saturated carbocycles. The van der Waals surface area contributed by atoms with Crippen LogP contribution in [-0.4, -0.2) is 18.3 Å². The lowest BCUT2D eigenvalue weighted by atomic mass is 10.1. The molecule has 0 aliphatic rings. The molecule has 0 saturated heterocycles. The van der Waals surface area contributed by atoms with Crippen molar-refractivity contribution in [1.29, 1.82) is 0 Å². The molecule has 0 spiro atoms. The van der Waals surface area contributed by atoms with Crippen LogP contribution in [0.25, 0.3) is 0 Å². The van der Waals surface area contributed by atoms with Crippen molar-refractivity contribution in [3.8, 4) is 5.75 Å². The number of primary amides is 1. The second kappa shape index (κ2) is 5.64. The number of carbonyl (C=O) groups is 3. The van der Waals surface area contributed by atoms with Crippen molar-refractivity contribution < 1.29 is 19.1 Å². The molecule has 6 heteroatoms. The Morgan fingerprint density at radius 2 is 1.94 bits per heavy atom. The van der Waals surface area contributed by atoms with Crippen molar-refractivity contribution in [2.45, 2.75) is 13.0 Å². The maximum absolute atomic E-state index is 11.1. The van der Waals surface area contributed by atoms with E-state index in [0.29, 0.717) is 17.7 Å². The van der Waals surface area contributed by atoms with E-state index in [1.54, 1.807) is 12.1 Å². The fourth-order valence-corrected chi connectivity index (χ4v) is 1.30. The molecule has 90 valence electrons. The quantitative estimate of drug-likeness (QED) is 0.423. The first-order valence-corrected chi connectivity index (χ1v) is 4.82. The van der Waals surface area contributed by atoms with Gasteiger partial charge in [-0.05, 0) is 17.7 Å². The Morgan fingerprint density at radius 3 is 2.35 bits per heavy atom. The second-order valence-corrected chi connectivity index (χ2v) is 3.28. The van der Waals surface area contributed by atoms with Gasteiger partial charge in [-0.3, -0.25) is 14.4 Å². The number of hydrogen-bond acceptors (Lipinski definition) is 4. The van der Waals surface area contributed by atoms with E-state index in [0.717, 1.165) is 0 Å². The minimum absolute atomic E-state index is 0.357. The maximum atomic E-state index is 11.1. The molecule has 0 bridgehead atoms. The number of carbonyl (C=O) groups excluding carboxylic acids is 3. The molecule has 0 aromatic heterocycles. The summed E-state index contributed by atoms with van der Waals surface area (Å²) in [5, 5.41) is 2.30. The number of rotatable bonds is 5. The largest absolute Gasteiger partial charge is 0.427 e. The van der Waals surface area contributed by atoms with Crippen LogP contribution in [0.3, 0.4) is 0 Å². The van der Waals surface area contributed by atoms with Crippen LogP contribution in [0.2, 0.25) is 0 Å². The predicted octanol–water partition coefficient (Wildman–Crippen LogP) is -0.116. The van der Waals surface area contributed by atoms with Gasteiger partial charge in [0.2, 0.25) is 12.3 Å². The van der Waals surface area contributed by atoms with Gasteiger partial charge in [0.15, 0.2) is 0 Å². The highest BCUT2D eigenvalue weighted by Gasteiger charge is 2.16. The number of nitrogens with two attached hydrogens (primary N) is 1. The van der Waals surface area contributed by atoms with E-state index in [1.165, 1.54) is 19.1 Å². The summed E-state index contributed by atoms with van der Waals surface area (Å²) in [6, 6.07) is 5.23. The Morgan fingerprint density at radius 1 is 1.35 bits per heavy atom. The monoisotopic (exact) mass is 236 g/mol. The molecular formula is C11H12N2O4. The van der Waals surface area contributed by atoms with E-state index >= 15 is 0 Å². The van der Waals surface area contributed by atoms with Gasteiger partial charge in [-0.2, -0.15) is 0 Å². The van der Waals surface area contributed by atoms with Gasteiger partial charge >= 0.3 is 5.97 Å². The summed E-state index contributed by atoms with van der Waals surface area (Å²) in [5.41, 5.74) is 5.64. The van der Waals surface area contributed by atoms with Crippen LogP contribution < -0.4 is 15.8 Å². The first-order valence-electron chi connectivity index (χ1n) is 4.82. The highest BCUT2D eigenvalue weighted by molar-refractivity contribution is 5.83. The Kier molecular flexibility index (Phi) is 4.21. The van der Waals surface area contributed by atoms with Crippen LogP contribution in [0.15, 0.2) is 24.3 Å². The number of amides is 2. The molecule has 17 heavy (non-hydrogen) atoms. The van der Waals surface area contributed by atoms with Gasteiger partial charge in [-0.25, -0.2) is 0 Å². The zero-order valence-corrected chi connectivity index (χ0v) is 9.17. The number of benzene rings is 1. The molecule has 1 unspecified atom stereocenters. The summed E-state index contributed by atoms with van der Waals surface area (Å²) in [7, 11) is 0. The van der Waals surface area contributed by atoms with E-state index in [-0.39, 0.29) is 0 Å². The highest BCUT2D eigenvalue weighted by atomic mass is 16.5. The third-order valence-electron chi connectivity index (χ3n) is 1.99. The zero-order valence-electron chi connectivity index (χ0n) is 9.17. The average molecular weight is 236 g/mol. The van der Waals surface area contributed by atoms with Gasteiger partial charge in [-0.15, -0.1) is 0 Å². The molecule has 0 aliphatic heterocycles. The minimum Gasteiger partial charge on any atom is -0.427 e. The van der Waals surface area contributed by atoms with Crippen LogP contribution >= 0.6 is 0 Å². The smallest absolute Gasteiger partial charge is 0.308 e. The molecule has 0 radical (unpaired) electrons. The minimum atomic E-state index is -0.890. The Balaban J connectivity index is 2.87. The topological polar surface area (TPSA) is 98.5 Å². The number of ether oxygens (including phenoxy) is 1. The van der Waals surface area contributed by atoms with Gasteiger partial charge in [0.25, 0.3) is 0 Å². The summed E-state index contributed by atoms with van der Waals surface area (Å²) in [6.45, 7) is 1.29. The number of esters is 1. The molecule has 1 aromatic carbocycles. The number of hydrogen-bond donors (Lipinski definition) is 2. The fraction of sp³-hybridized carbons (Fsp3) is 0.182. The zero-order chi connectivity index (χ0) is 12.8. The third kappa shape index (κ3) is 3.60. The Labute approximate surface area is 97.7 Å². The van der Waals surface area contributed by atoms with Gasteiger partial charge in [0.05, 0.1) is 0 Å². The summed E-state index contributed by atoms with van der Waals surface area (Å²) in [6.07, 6.45) is 0.398. The lowest BCUT2D eigenvalue weighted by Crippen LogP contribution is -2.32. The average Bonchev–Trinajstić information content (AvgIpc) is 2.26. The van der Waals surface area contributed by atoms with E-state index < -0.39 is 17.9 Å². The van der Waals surface area contributed by atoms with E-state index in [1.807, 2.05) is 0 Å². The molecule has 1 atom stereocenters. The van der Waals surface area contributed by atoms with Gasteiger partial charge in [0.1, 0.15) is 11.8 Å². The SMILES string of the molecule is CC(=O)Oc1ccc(C(NC=O)C(N)=O)cc1. The van der Waals surface area contributed by atoms with Crippen LogP contribution in [0.4, 0.5) is 0 Å². The van der Waals surface area contributed by atoms with Crippen molar-refractivity contribution in [1.82, 2.24) is 5.32 Å². The lowest BCUT2D eigenvalue weighted by Gasteiger charge is -2.12. The van der Waals surface area contributed by atoms with Crippen LogP contribution in [0.5, 0.6) is 5.75 Å². The van der Waals surface area contributed by atoms with Crippen LogP contribution in [-0.2, 0) is 14.4 Å². The molecule has 0 heterocycles. The Hall–Kier alpha value is -2.37. The van der Waals surface area contributed by atoms with Crippen molar-refractivity contribution in [2.75, 3.05) is 0 Å². The predicted molar refractivity (Wildman–Crippen MR) is 58.9 cm³/mol.